The van der Waals surface area contributed by atoms with E-state index < -0.39 is 47.9 Å². The number of hydrogen-bond donors (Lipinski definition) is 8. The molecule has 0 rings (SSSR count). The molecule has 0 spiro atoms. The lowest BCUT2D eigenvalue weighted by Gasteiger charge is -2.26. The molecule has 0 aliphatic rings. The van der Waals surface area contributed by atoms with Crippen molar-refractivity contribution >= 4 is 36.3 Å². The highest BCUT2D eigenvalue weighted by Crippen LogP contribution is 2.09. The number of unbranched alkanes of at least 4 members (excludes halogenated alkanes) is 2. The summed E-state index contributed by atoms with van der Waals surface area (Å²) in [6, 6.07) is -3.82. The molecule has 0 aromatic heterocycles. The number of amides is 3. The second-order valence-electron chi connectivity index (χ2n) is 8.51. The van der Waals surface area contributed by atoms with E-state index in [1.165, 1.54) is 0 Å². The minimum absolute atomic E-state index is 0.0431. The molecule has 0 saturated heterocycles. The van der Waals surface area contributed by atoms with Gasteiger partial charge in [-0.2, -0.15) is 12.6 Å². The number of carbonyl (C=O) groups is 4. The van der Waals surface area contributed by atoms with Gasteiger partial charge in [-0.25, -0.2) is 4.79 Å². The SMILES string of the molecule is CC(C)CC(NC(=O)C(CCCCN)NC(=O)C(N)CCCCN)C(=O)NC(CS)C(=O)O. The van der Waals surface area contributed by atoms with E-state index in [0.717, 1.165) is 6.42 Å². The van der Waals surface area contributed by atoms with E-state index in [0.29, 0.717) is 51.6 Å². The van der Waals surface area contributed by atoms with E-state index in [4.69, 9.17) is 17.2 Å². The van der Waals surface area contributed by atoms with Gasteiger partial charge in [0.2, 0.25) is 17.7 Å². The topological polar surface area (TPSA) is 203 Å². The Labute approximate surface area is 201 Å². The Morgan fingerprint density at radius 1 is 0.788 bits per heavy atom. The van der Waals surface area contributed by atoms with Crippen molar-refractivity contribution in [2.75, 3.05) is 18.8 Å². The molecule has 192 valence electrons. The highest BCUT2D eigenvalue weighted by Gasteiger charge is 2.30. The number of rotatable bonds is 18. The first-order valence-electron chi connectivity index (χ1n) is 11.5. The molecule has 0 aliphatic carbocycles. The molecule has 12 heteroatoms. The molecule has 4 atom stereocenters. The number of carboxylic acids is 1. The molecule has 4 unspecified atom stereocenters. The third-order valence-electron chi connectivity index (χ3n) is 5.02. The van der Waals surface area contributed by atoms with Crippen LogP contribution in [-0.2, 0) is 19.2 Å². The summed E-state index contributed by atoms with van der Waals surface area (Å²) in [5, 5.41) is 16.9. The zero-order chi connectivity index (χ0) is 25.4. The molecule has 0 fully saturated rings. The summed E-state index contributed by atoms with van der Waals surface area (Å²) in [6.45, 7) is 4.70. The van der Waals surface area contributed by atoms with Crippen LogP contribution >= 0.6 is 12.6 Å². The molecular weight excluding hydrogens is 448 g/mol. The predicted octanol–water partition coefficient (Wildman–Crippen LogP) is -0.913. The van der Waals surface area contributed by atoms with Crippen LogP contribution in [0.2, 0.25) is 0 Å². The number of hydrogen-bond acceptors (Lipinski definition) is 8. The molecule has 0 aromatic rings. The first kappa shape index (κ1) is 31.1. The first-order valence-corrected chi connectivity index (χ1v) is 12.1. The van der Waals surface area contributed by atoms with Gasteiger partial charge >= 0.3 is 5.97 Å². The molecule has 33 heavy (non-hydrogen) atoms. The summed E-state index contributed by atoms with van der Waals surface area (Å²) in [5.74, 6) is -2.88. The molecule has 10 N–H and O–H groups in total. The second-order valence-corrected chi connectivity index (χ2v) is 8.87. The average molecular weight is 491 g/mol. The van der Waals surface area contributed by atoms with Crippen LogP contribution in [0.5, 0.6) is 0 Å². The summed E-state index contributed by atoms with van der Waals surface area (Å²) in [5.41, 5.74) is 17.0. The van der Waals surface area contributed by atoms with Gasteiger partial charge < -0.3 is 38.3 Å². The van der Waals surface area contributed by atoms with Crippen molar-refractivity contribution < 1.29 is 24.3 Å². The van der Waals surface area contributed by atoms with Gasteiger partial charge in [0.25, 0.3) is 0 Å². The van der Waals surface area contributed by atoms with Crippen LogP contribution in [0.3, 0.4) is 0 Å². The van der Waals surface area contributed by atoms with E-state index >= 15 is 0 Å². The lowest BCUT2D eigenvalue weighted by molar-refractivity contribution is -0.141. The maximum absolute atomic E-state index is 13.0. The van der Waals surface area contributed by atoms with Crippen LogP contribution in [-0.4, -0.2) is 71.8 Å². The van der Waals surface area contributed by atoms with Crippen LogP contribution < -0.4 is 33.2 Å². The maximum Gasteiger partial charge on any atom is 0.327 e. The van der Waals surface area contributed by atoms with E-state index in [-0.39, 0.29) is 11.7 Å². The van der Waals surface area contributed by atoms with Crippen molar-refractivity contribution in [3.8, 4) is 0 Å². The minimum atomic E-state index is -1.22. The van der Waals surface area contributed by atoms with E-state index in [1.54, 1.807) is 0 Å². The number of carbonyl (C=O) groups excluding carboxylic acids is 3. The van der Waals surface area contributed by atoms with Crippen LogP contribution in [0.15, 0.2) is 0 Å². The Morgan fingerprint density at radius 3 is 1.76 bits per heavy atom. The van der Waals surface area contributed by atoms with Gasteiger partial charge in [-0.1, -0.05) is 20.3 Å². The molecule has 11 nitrogen and oxygen atoms in total. The van der Waals surface area contributed by atoms with Crippen molar-refractivity contribution in [2.24, 2.45) is 23.1 Å². The fourth-order valence-corrected chi connectivity index (χ4v) is 3.36. The fourth-order valence-electron chi connectivity index (χ4n) is 3.11. The molecule has 3 amide bonds. The Bertz CT molecular complexity index is 622. The van der Waals surface area contributed by atoms with Crippen molar-refractivity contribution in [3.05, 3.63) is 0 Å². The lowest BCUT2D eigenvalue weighted by Crippen LogP contribution is -2.57. The summed E-state index contributed by atoms with van der Waals surface area (Å²) in [7, 11) is 0. The third kappa shape index (κ3) is 13.4. The summed E-state index contributed by atoms with van der Waals surface area (Å²) in [4.78, 5) is 49.5. The van der Waals surface area contributed by atoms with Gasteiger partial charge in [0.1, 0.15) is 18.1 Å². The van der Waals surface area contributed by atoms with Gasteiger partial charge in [0, 0.05) is 5.75 Å². The fraction of sp³-hybridized carbons (Fsp3) is 0.810. The average Bonchev–Trinajstić information content (AvgIpc) is 2.75. The smallest absolute Gasteiger partial charge is 0.327 e. The Hall–Kier alpha value is -1.89. The lowest BCUT2D eigenvalue weighted by atomic mass is 10.0. The molecule has 0 saturated carbocycles. The first-order chi connectivity index (χ1) is 15.6. The van der Waals surface area contributed by atoms with Gasteiger partial charge in [-0.3, -0.25) is 14.4 Å². The molecule has 0 aliphatic heterocycles. The van der Waals surface area contributed by atoms with Crippen molar-refractivity contribution in [2.45, 2.75) is 83.0 Å². The zero-order valence-corrected chi connectivity index (χ0v) is 20.6. The monoisotopic (exact) mass is 490 g/mol. The quantitative estimate of drug-likeness (QED) is 0.0890. The van der Waals surface area contributed by atoms with Crippen LogP contribution in [0.4, 0.5) is 0 Å². The van der Waals surface area contributed by atoms with E-state index in [1.807, 2.05) is 13.8 Å². The number of nitrogens with one attached hydrogen (secondary N) is 3. The third-order valence-corrected chi connectivity index (χ3v) is 5.39. The highest BCUT2D eigenvalue weighted by molar-refractivity contribution is 7.80. The Kier molecular flexibility index (Phi) is 16.6. The zero-order valence-electron chi connectivity index (χ0n) is 19.7. The van der Waals surface area contributed by atoms with E-state index in [2.05, 4.69) is 28.6 Å². The molecular formula is C21H42N6O5S. The Morgan fingerprint density at radius 2 is 1.27 bits per heavy atom. The van der Waals surface area contributed by atoms with Crippen LogP contribution in [0.1, 0.15) is 58.8 Å². The predicted molar refractivity (Wildman–Crippen MR) is 131 cm³/mol. The standard InChI is InChI=1S/C21H42N6O5S/c1-13(2)11-16(20(30)27-17(12-33)21(31)32)26-19(29)15(8-4-6-10-23)25-18(28)14(24)7-3-5-9-22/h13-17,33H,3-12,22-24H2,1-2H3,(H,25,28)(H,26,29)(H,27,30)(H,31,32). The van der Waals surface area contributed by atoms with Crippen LogP contribution in [0.25, 0.3) is 0 Å². The number of nitrogens with two attached hydrogens (primary N) is 3. The summed E-state index contributed by atoms with van der Waals surface area (Å²) < 4.78 is 0. The second kappa shape index (κ2) is 17.6. The van der Waals surface area contributed by atoms with Crippen molar-refractivity contribution in [3.63, 3.8) is 0 Å². The van der Waals surface area contributed by atoms with Crippen molar-refractivity contribution in [1.82, 2.24) is 16.0 Å². The van der Waals surface area contributed by atoms with E-state index in [9.17, 15) is 24.3 Å². The number of carboxylic acid groups (broad SMARTS) is 1. The number of aliphatic carboxylic acids is 1. The minimum Gasteiger partial charge on any atom is -0.480 e. The normalized spacial score (nSPS) is 14.8. The number of thiol groups is 1. The van der Waals surface area contributed by atoms with Crippen LogP contribution in [0, 0.1) is 5.92 Å². The Balaban J connectivity index is 5.34. The molecule has 0 heterocycles. The largest absolute Gasteiger partial charge is 0.480 e. The van der Waals surface area contributed by atoms with Gasteiger partial charge in [-0.05, 0) is 57.5 Å². The molecule has 0 aromatic carbocycles. The molecule has 0 radical (unpaired) electrons. The summed E-state index contributed by atoms with van der Waals surface area (Å²) >= 11 is 3.95. The highest BCUT2D eigenvalue weighted by atomic mass is 32.1. The molecule has 0 bridgehead atoms. The maximum atomic E-state index is 13.0. The summed E-state index contributed by atoms with van der Waals surface area (Å²) in [6.07, 6.45) is 3.77. The van der Waals surface area contributed by atoms with Gasteiger partial charge in [-0.15, -0.1) is 0 Å². The van der Waals surface area contributed by atoms with Gasteiger partial charge in [0.15, 0.2) is 0 Å². The van der Waals surface area contributed by atoms with Crippen molar-refractivity contribution in [1.29, 1.82) is 0 Å². The van der Waals surface area contributed by atoms with Gasteiger partial charge in [0.05, 0.1) is 6.04 Å².